The highest BCUT2D eigenvalue weighted by atomic mass is 16.5. The second-order valence-corrected chi connectivity index (χ2v) is 7.28. The van der Waals surface area contributed by atoms with Crippen molar-refractivity contribution in [1.29, 1.82) is 0 Å². The van der Waals surface area contributed by atoms with Crippen LogP contribution in [0.25, 0.3) is 0 Å². The van der Waals surface area contributed by atoms with Crippen molar-refractivity contribution < 1.29 is 9.53 Å². The van der Waals surface area contributed by atoms with Crippen LogP contribution in [0.3, 0.4) is 0 Å². The number of amides is 1. The van der Waals surface area contributed by atoms with Gasteiger partial charge in [0.15, 0.2) is 0 Å². The van der Waals surface area contributed by atoms with Gasteiger partial charge in [0.1, 0.15) is 5.75 Å². The lowest BCUT2D eigenvalue weighted by molar-refractivity contribution is -0.127. The molecule has 22 heavy (non-hydrogen) atoms. The standard InChI is InChI=1S/C19H27NO2/c1-12(2)18(14-6-8-16(22-3)9-7-14)20-19(21)17-11-13-4-5-15(17)10-13/h6-9,12-13,15,17-18H,4-5,10-11H2,1-3H3,(H,20,21). The number of carbonyl (C=O) groups is 1. The molecule has 4 atom stereocenters. The molecule has 1 aromatic rings. The van der Waals surface area contributed by atoms with Gasteiger partial charge in [-0.25, -0.2) is 0 Å². The molecule has 3 nitrogen and oxygen atoms in total. The Morgan fingerprint density at radius 2 is 1.91 bits per heavy atom. The van der Waals surface area contributed by atoms with Crippen LogP contribution in [0.2, 0.25) is 0 Å². The normalized spacial score (nSPS) is 27.9. The number of carbonyl (C=O) groups excluding carboxylic acids is 1. The monoisotopic (exact) mass is 301 g/mol. The number of hydrogen-bond donors (Lipinski definition) is 1. The molecule has 1 amide bonds. The summed E-state index contributed by atoms with van der Waals surface area (Å²) in [6.45, 7) is 4.33. The third-order valence-electron chi connectivity index (χ3n) is 5.51. The Hall–Kier alpha value is -1.51. The maximum Gasteiger partial charge on any atom is 0.223 e. The molecule has 3 heteroatoms. The Morgan fingerprint density at radius 3 is 2.41 bits per heavy atom. The lowest BCUT2D eigenvalue weighted by Crippen LogP contribution is -2.38. The summed E-state index contributed by atoms with van der Waals surface area (Å²) in [5.74, 6) is 3.18. The van der Waals surface area contributed by atoms with Crippen LogP contribution in [0.15, 0.2) is 24.3 Å². The number of ether oxygens (including phenoxy) is 1. The van der Waals surface area contributed by atoms with E-state index in [0.29, 0.717) is 11.8 Å². The topological polar surface area (TPSA) is 38.3 Å². The van der Waals surface area contributed by atoms with Crippen molar-refractivity contribution >= 4 is 5.91 Å². The molecule has 2 fully saturated rings. The molecule has 1 aromatic carbocycles. The smallest absolute Gasteiger partial charge is 0.223 e. The molecule has 2 saturated carbocycles. The fourth-order valence-electron chi connectivity index (χ4n) is 4.27. The van der Waals surface area contributed by atoms with Gasteiger partial charge in [-0.3, -0.25) is 4.79 Å². The minimum atomic E-state index is 0.0810. The van der Waals surface area contributed by atoms with Gasteiger partial charge in [-0.15, -0.1) is 0 Å². The van der Waals surface area contributed by atoms with E-state index in [4.69, 9.17) is 4.74 Å². The van der Waals surface area contributed by atoms with Crippen LogP contribution >= 0.6 is 0 Å². The molecular formula is C19H27NO2. The van der Waals surface area contributed by atoms with E-state index in [2.05, 4.69) is 31.3 Å². The van der Waals surface area contributed by atoms with E-state index in [0.717, 1.165) is 23.7 Å². The van der Waals surface area contributed by atoms with Crippen molar-refractivity contribution in [3.05, 3.63) is 29.8 Å². The first-order valence-corrected chi connectivity index (χ1v) is 8.52. The molecule has 0 spiro atoms. The van der Waals surface area contributed by atoms with Gasteiger partial charge in [0.25, 0.3) is 0 Å². The molecule has 2 aliphatic carbocycles. The molecule has 0 radical (unpaired) electrons. The van der Waals surface area contributed by atoms with E-state index in [1.165, 1.54) is 19.3 Å². The van der Waals surface area contributed by atoms with Crippen molar-refractivity contribution in [2.24, 2.45) is 23.7 Å². The SMILES string of the molecule is COc1ccc(C(NC(=O)C2CC3CCC2C3)C(C)C)cc1. The van der Waals surface area contributed by atoms with Gasteiger partial charge in [-0.1, -0.05) is 32.4 Å². The molecule has 0 aromatic heterocycles. The maximum atomic E-state index is 12.7. The summed E-state index contributed by atoms with van der Waals surface area (Å²) >= 11 is 0. The number of hydrogen-bond acceptors (Lipinski definition) is 2. The van der Waals surface area contributed by atoms with E-state index < -0.39 is 0 Å². The molecule has 0 saturated heterocycles. The number of nitrogens with one attached hydrogen (secondary N) is 1. The van der Waals surface area contributed by atoms with Crippen LogP contribution in [0.4, 0.5) is 0 Å². The van der Waals surface area contributed by atoms with Gasteiger partial charge < -0.3 is 10.1 Å². The van der Waals surface area contributed by atoms with Crippen LogP contribution in [-0.2, 0) is 4.79 Å². The Labute approximate surface area is 133 Å². The Morgan fingerprint density at radius 1 is 1.18 bits per heavy atom. The summed E-state index contributed by atoms with van der Waals surface area (Å²) in [7, 11) is 1.67. The van der Waals surface area contributed by atoms with E-state index in [1.807, 2.05) is 12.1 Å². The summed E-state index contributed by atoms with van der Waals surface area (Å²) in [6, 6.07) is 8.13. The average molecular weight is 301 g/mol. The van der Waals surface area contributed by atoms with Crippen LogP contribution in [0.1, 0.15) is 51.1 Å². The van der Waals surface area contributed by atoms with E-state index in [1.54, 1.807) is 7.11 Å². The molecule has 2 bridgehead atoms. The van der Waals surface area contributed by atoms with E-state index in [-0.39, 0.29) is 17.9 Å². The predicted molar refractivity (Wildman–Crippen MR) is 87.7 cm³/mol. The van der Waals surface area contributed by atoms with Crippen molar-refractivity contribution in [1.82, 2.24) is 5.32 Å². The largest absolute Gasteiger partial charge is 0.497 e. The molecule has 2 aliphatic rings. The molecule has 0 heterocycles. The van der Waals surface area contributed by atoms with Crippen molar-refractivity contribution in [3.63, 3.8) is 0 Å². The predicted octanol–water partition coefficient (Wildman–Crippen LogP) is 3.94. The molecular weight excluding hydrogens is 274 g/mol. The Bertz CT molecular complexity index is 523. The first-order chi connectivity index (χ1) is 10.6. The quantitative estimate of drug-likeness (QED) is 0.894. The number of rotatable bonds is 5. The molecule has 1 N–H and O–H groups in total. The third-order valence-corrected chi connectivity index (χ3v) is 5.51. The number of benzene rings is 1. The zero-order chi connectivity index (χ0) is 15.7. The highest BCUT2D eigenvalue weighted by Gasteiger charge is 2.43. The molecule has 3 rings (SSSR count). The van der Waals surface area contributed by atoms with Crippen LogP contribution < -0.4 is 10.1 Å². The minimum Gasteiger partial charge on any atom is -0.497 e. The molecule has 4 unspecified atom stereocenters. The number of methoxy groups -OCH3 is 1. The van der Waals surface area contributed by atoms with Crippen LogP contribution in [0.5, 0.6) is 5.75 Å². The van der Waals surface area contributed by atoms with Crippen molar-refractivity contribution in [2.45, 2.75) is 45.6 Å². The van der Waals surface area contributed by atoms with Gasteiger partial charge in [-0.2, -0.15) is 0 Å². The molecule has 0 aliphatic heterocycles. The van der Waals surface area contributed by atoms with Crippen molar-refractivity contribution in [2.75, 3.05) is 7.11 Å². The first kappa shape index (κ1) is 15.4. The lowest BCUT2D eigenvalue weighted by Gasteiger charge is -2.27. The minimum absolute atomic E-state index is 0.0810. The van der Waals surface area contributed by atoms with Crippen molar-refractivity contribution in [3.8, 4) is 5.75 Å². The van der Waals surface area contributed by atoms with Gasteiger partial charge in [0, 0.05) is 5.92 Å². The second kappa shape index (κ2) is 6.31. The zero-order valence-corrected chi connectivity index (χ0v) is 13.8. The highest BCUT2D eigenvalue weighted by Crippen LogP contribution is 2.48. The van der Waals surface area contributed by atoms with Gasteiger partial charge in [-0.05, 0) is 54.7 Å². The van der Waals surface area contributed by atoms with Crippen LogP contribution in [0, 0.1) is 23.7 Å². The zero-order valence-electron chi connectivity index (χ0n) is 13.8. The second-order valence-electron chi connectivity index (χ2n) is 7.28. The fraction of sp³-hybridized carbons (Fsp3) is 0.632. The Kier molecular flexibility index (Phi) is 4.42. The maximum absolute atomic E-state index is 12.7. The van der Waals surface area contributed by atoms with Crippen LogP contribution in [-0.4, -0.2) is 13.0 Å². The van der Waals surface area contributed by atoms with E-state index >= 15 is 0 Å². The Balaban J connectivity index is 1.69. The summed E-state index contributed by atoms with van der Waals surface area (Å²) in [5, 5.41) is 3.32. The van der Waals surface area contributed by atoms with E-state index in [9.17, 15) is 4.79 Å². The summed E-state index contributed by atoms with van der Waals surface area (Å²) in [4.78, 5) is 12.7. The molecule has 120 valence electrons. The average Bonchev–Trinajstić information content (AvgIpc) is 3.15. The first-order valence-electron chi connectivity index (χ1n) is 8.52. The number of fused-ring (bicyclic) bond motifs is 2. The lowest BCUT2D eigenvalue weighted by atomic mass is 9.87. The van der Waals surface area contributed by atoms with Gasteiger partial charge >= 0.3 is 0 Å². The summed E-state index contributed by atoms with van der Waals surface area (Å²) in [6.07, 6.45) is 4.95. The summed E-state index contributed by atoms with van der Waals surface area (Å²) < 4.78 is 5.22. The van der Waals surface area contributed by atoms with Gasteiger partial charge in [0.05, 0.1) is 13.2 Å². The highest BCUT2D eigenvalue weighted by molar-refractivity contribution is 5.80. The van der Waals surface area contributed by atoms with Gasteiger partial charge in [0.2, 0.25) is 5.91 Å². The fourth-order valence-corrected chi connectivity index (χ4v) is 4.27. The summed E-state index contributed by atoms with van der Waals surface area (Å²) in [5.41, 5.74) is 1.16. The third kappa shape index (κ3) is 2.99.